The van der Waals surface area contributed by atoms with Crippen LogP contribution in [0.2, 0.25) is 0 Å². The first-order chi connectivity index (χ1) is 7.16. The van der Waals surface area contributed by atoms with E-state index in [9.17, 15) is 4.39 Å². The third kappa shape index (κ3) is 2.31. The maximum absolute atomic E-state index is 13.4. The first-order valence-corrected chi connectivity index (χ1v) is 5.66. The summed E-state index contributed by atoms with van der Waals surface area (Å²) in [6, 6.07) is 7.03. The van der Waals surface area contributed by atoms with Gasteiger partial charge in [-0.05, 0) is 30.4 Å². The van der Waals surface area contributed by atoms with Gasteiger partial charge in [-0.1, -0.05) is 26.0 Å². The quantitative estimate of drug-likeness (QED) is 0.735. The Balaban J connectivity index is 1.92. The van der Waals surface area contributed by atoms with Crippen LogP contribution in [0, 0.1) is 17.7 Å². The van der Waals surface area contributed by atoms with Crippen LogP contribution < -0.4 is 4.90 Å². The number of para-hydroxylation sites is 1. The second kappa shape index (κ2) is 4.21. The lowest BCUT2D eigenvalue weighted by Gasteiger charge is -2.42. The highest BCUT2D eigenvalue weighted by Gasteiger charge is 2.28. The molecule has 0 radical (unpaired) electrons. The predicted octanol–water partition coefficient (Wildman–Crippen LogP) is 3.31. The van der Waals surface area contributed by atoms with Crippen molar-refractivity contribution < 1.29 is 4.39 Å². The largest absolute Gasteiger partial charge is 0.368 e. The zero-order valence-electron chi connectivity index (χ0n) is 9.41. The van der Waals surface area contributed by atoms with Crippen molar-refractivity contribution in [3.05, 3.63) is 30.1 Å². The summed E-state index contributed by atoms with van der Waals surface area (Å²) in [7, 11) is 0. The first-order valence-electron chi connectivity index (χ1n) is 5.66. The summed E-state index contributed by atoms with van der Waals surface area (Å²) in [6.07, 6.45) is 1.25. The molecule has 2 heteroatoms. The molecule has 1 aliphatic heterocycles. The van der Waals surface area contributed by atoms with Crippen LogP contribution in [-0.2, 0) is 0 Å². The van der Waals surface area contributed by atoms with Gasteiger partial charge >= 0.3 is 0 Å². The Bertz CT molecular complexity index is 329. The van der Waals surface area contributed by atoms with Gasteiger partial charge in [-0.25, -0.2) is 4.39 Å². The lowest BCUT2D eigenvalue weighted by atomic mass is 9.90. The van der Waals surface area contributed by atoms with Gasteiger partial charge in [0.05, 0.1) is 5.69 Å². The second-order valence-corrected chi connectivity index (χ2v) is 4.85. The van der Waals surface area contributed by atoms with E-state index < -0.39 is 0 Å². The molecule has 0 aliphatic carbocycles. The maximum Gasteiger partial charge on any atom is 0.146 e. The van der Waals surface area contributed by atoms with Crippen LogP contribution in [0.4, 0.5) is 10.1 Å². The van der Waals surface area contributed by atoms with Gasteiger partial charge in [0, 0.05) is 13.1 Å². The Hall–Kier alpha value is -1.05. The Labute approximate surface area is 90.9 Å². The summed E-state index contributed by atoms with van der Waals surface area (Å²) in [4.78, 5) is 2.13. The van der Waals surface area contributed by atoms with Crippen LogP contribution in [0.15, 0.2) is 24.3 Å². The molecule has 0 saturated carbocycles. The molecule has 1 heterocycles. The average molecular weight is 207 g/mol. The zero-order valence-corrected chi connectivity index (χ0v) is 9.41. The molecule has 1 aromatic carbocycles. The van der Waals surface area contributed by atoms with E-state index in [0.717, 1.165) is 30.6 Å². The van der Waals surface area contributed by atoms with Crippen LogP contribution in [0.1, 0.15) is 20.3 Å². The Kier molecular flexibility index (Phi) is 2.94. The summed E-state index contributed by atoms with van der Waals surface area (Å²) in [5.74, 6) is 1.41. The van der Waals surface area contributed by atoms with Crippen LogP contribution in [0.25, 0.3) is 0 Å². The molecule has 1 aromatic rings. The zero-order chi connectivity index (χ0) is 10.8. The van der Waals surface area contributed by atoms with Crippen LogP contribution in [-0.4, -0.2) is 13.1 Å². The summed E-state index contributed by atoms with van der Waals surface area (Å²) >= 11 is 0. The molecule has 0 amide bonds. The van der Waals surface area contributed by atoms with Crippen molar-refractivity contribution in [3.8, 4) is 0 Å². The second-order valence-electron chi connectivity index (χ2n) is 4.85. The van der Waals surface area contributed by atoms with Crippen molar-refractivity contribution in [1.82, 2.24) is 0 Å². The molecule has 0 unspecified atom stereocenters. The van der Waals surface area contributed by atoms with E-state index in [4.69, 9.17) is 0 Å². The van der Waals surface area contributed by atoms with E-state index in [-0.39, 0.29) is 5.82 Å². The van der Waals surface area contributed by atoms with Gasteiger partial charge < -0.3 is 4.90 Å². The number of anilines is 1. The van der Waals surface area contributed by atoms with Gasteiger partial charge in [-0.2, -0.15) is 0 Å². The number of hydrogen-bond acceptors (Lipinski definition) is 1. The standard InChI is InChI=1S/C13H18FN/c1-10(2)7-11-8-15(9-11)13-6-4-3-5-12(13)14/h3-6,10-11H,7-9H2,1-2H3. The highest BCUT2D eigenvalue weighted by Crippen LogP contribution is 2.29. The molecule has 0 spiro atoms. The number of benzene rings is 1. The average Bonchev–Trinajstić information content (AvgIpc) is 2.12. The molecule has 1 saturated heterocycles. The maximum atomic E-state index is 13.4. The van der Waals surface area contributed by atoms with Gasteiger partial charge in [0.25, 0.3) is 0 Å². The Morgan fingerprint density at radius 2 is 2.00 bits per heavy atom. The molecule has 1 nitrogen and oxygen atoms in total. The molecular formula is C13H18FN. The van der Waals surface area contributed by atoms with E-state index in [1.165, 1.54) is 12.5 Å². The molecule has 0 N–H and O–H groups in total. The van der Waals surface area contributed by atoms with E-state index in [0.29, 0.717) is 0 Å². The normalized spacial score (nSPS) is 16.9. The van der Waals surface area contributed by atoms with Crippen molar-refractivity contribution in [3.63, 3.8) is 0 Å². The number of nitrogens with zero attached hydrogens (tertiary/aromatic N) is 1. The van der Waals surface area contributed by atoms with Gasteiger partial charge in [0.2, 0.25) is 0 Å². The minimum absolute atomic E-state index is 0.0968. The molecule has 1 fully saturated rings. The number of halogens is 1. The van der Waals surface area contributed by atoms with Crippen molar-refractivity contribution in [1.29, 1.82) is 0 Å². The highest BCUT2D eigenvalue weighted by atomic mass is 19.1. The molecule has 0 bridgehead atoms. The van der Waals surface area contributed by atoms with E-state index >= 15 is 0 Å². The number of rotatable bonds is 3. The molecule has 0 atom stereocenters. The SMILES string of the molecule is CC(C)CC1CN(c2ccccc2F)C1. The summed E-state index contributed by atoms with van der Waals surface area (Å²) in [5.41, 5.74) is 0.762. The predicted molar refractivity (Wildman–Crippen MR) is 61.6 cm³/mol. The molecule has 0 aromatic heterocycles. The van der Waals surface area contributed by atoms with Crippen LogP contribution >= 0.6 is 0 Å². The van der Waals surface area contributed by atoms with Gasteiger partial charge in [-0.3, -0.25) is 0 Å². The fourth-order valence-corrected chi connectivity index (χ4v) is 2.29. The summed E-state index contributed by atoms with van der Waals surface area (Å²) < 4.78 is 13.4. The summed E-state index contributed by atoms with van der Waals surface area (Å²) in [5, 5.41) is 0. The van der Waals surface area contributed by atoms with Crippen molar-refractivity contribution >= 4 is 5.69 Å². The van der Waals surface area contributed by atoms with Crippen LogP contribution in [0.5, 0.6) is 0 Å². The monoisotopic (exact) mass is 207 g/mol. The Morgan fingerprint density at radius 1 is 1.33 bits per heavy atom. The van der Waals surface area contributed by atoms with Gasteiger partial charge in [-0.15, -0.1) is 0 Å². The molecule has 15 heavy (non-hydrogen) atoms. The first kappa shape index (κ1) is 10.5. The molecule has 82 valence electrons. The smallest absolute Gasteiger partial charge is 0.146 e. The third-order valence-corrected chi connectivity index (χ3v) is 2.96. The lowest BCUT2D eigenvalue weighted by molar-refractivity contribution is 0.335. The van der Waals surface area contributed by atoms with Crippen LogP contribution in [0.3, 0.4) is 0 Å². The van der Waals surface area contributed by atoms with Gasteiger partial charge in [0.15, 0.2) is 0 Å². The van der Waals surface area contributed by atoms with Crippen molar-refractivity contribution in [2.24, 2.45) is 11.8 Å². The molecule has 1 aliphatic rings. The lowest BCUT2D eigenvalue weighted by Crippen LogP contribution is -2.47. The highest BCUT2D eigenvalue weighted by molar-refractivity contribution is 5.49. The van der Waals surface area contributed by atoms with E-state index in [1.807, 2.05) is 12.1 Å². The number of hydrogen-bond donors (Lipinski definition) is 0. The minimum Gasteiger partial charge on any atom is -0.368 e. The molecular weight excluding hydrogens is 189 g/mol. The van der Waals surface area contributed by atoms with E-state index in [2.05, 4.69) is 18.7 Å². The van der Waals surface area contributed by atoms with Crippen molar-refractivity contribution in [2.45, 2.75) is 20.3 Å². The third-order valence-electron chi connectivity index (χ3n) is 2.96. The molecule has 2 rings (SSSR count). The van der Waals surface area contributed by atoms with Gasteiger partial charge in [0.1, 0.15) is 5.82 Å². The Morgan fingerprint density at radius 3 is 2.60 bits per heavy atom. The fourth-order valence-electron chi connectivity index (χ4n) is 2.29. The fraction of sp³-hybridized carbons (Fsp3) is 0.538. The van der Waals surface area contributed by atoms with Crippen molar-refractivity contribution in [2.75, 3.05) is 18.0 Å². The van der Waals surface area contributed by atoms with E-state index in [1.54, 1.807) is 6.07 Å². The topological polar surface area (TPSA) is 3.24 Å². The summed E-state index contributed by atoms with van der Waals surface area (Å²) in [6.45, 7) is 6.51. The minimum atomic E-state index is -0.0968.